The first-order chi connectivity index (χ1) is 19.2. The van der Waals surface area contributed by atoms with Gasteiger partial charge in [0.1, 0.15) is 11.1 Å². The Morgan fingerprint density at radius 1 is 0.810 bits per heavy atom. The van der Waals surface area contributed by atoms with E-state index in [1.807, 2.05) is 41.5 Å². The van der Waals surface area contributed by atoms with Crippen LogP contribution < -0.4 is 0 Å². The molecular weight excluding hydrogens is 556 g/mol. The molecule has 0 atom stereocenters. The molecule has 0 spiro atoms. The molecule has 0 unspecified atom stereocenters. The zero-order chi connectivity index (χ0) is 31.7. The van der Waals surface area contributed by atoms with Crippen molar-refractivity contribution in [1.82, 2.24) is 19.6 Å². The van der Waals surface area contributed by atoms with Gasteiger partial charge in [-0.3, -0.25) is 9.36 Å². The molecule has 2 fully saturated rings. The summed E-state index contributed by atoms with van der Waals surface area (Å²) in [6.45, 7) is 13.7. The molecule has 2 aliphatic rings. The Bertz CT molecular complexity index is 1240. The Labute approximate surface area is 244 Å². The molecular formula is C30H44F4N4O4. The molecule has 236 valence electrons. The highest BCUT2D eigenvalue weighted by Crippen LogP contribution is 2.43. The van der Waals surface area contributed by atoms with Crippen LogP contribution >= 0.6 is 0 Å². The van der Waals surface area contributed by atoms with Crippen molar-refractivity contribution in [2.24, 2.45) is 0 Å². The second-order valence-electron chi connectivity index (χ2n) is 13.4. The Balaban J connectivity index is 0.000000231. The molecule has 0 bridgehead atoms. The van der Waals surface area contributed by atoms with E-state index in [2.05, 4.69) is 10.2 Å². The lowest BCUT2D eigenvalue weighted by Gasteiger charge is -2.27. The predicted octanol–water partition coefficient (Wildman–Crippen LogP) is 7.74. The van der Waals surface area contributed by atoms with Gasteiger partial charge < -0.3 is 9.84 Å². The van der Waals surface area contributed by atoms with Gasteiger partial charge in [-0.1, -0.05) is 0 Å². The van der Waals surface area contributed by atoms with Gasteiger partial charge in [-0.2, -0.15) is 10.2 Å². The first-order valence-electron chi connectivity index (χ1n) is 14.6. The Morgan fingerprint density at radius 2 is 1.17 bits per heavy atom. The molecule has 0 aromatic carbocycles. The van der Waals surface area contributed by atoms with Crippen molar-refractivity contribution in [3.63, 3.8) is 0 Å². The number of carboxylic acids is 1. The van der Waals surface area contributed by atoms with E-state index in [0.717, 1.165) is 0 Å². The van der Waals surface area contributed by atoms with Crippen LogP contribution in [0.3, 0.4) is 0 Å². The second-order valence-corrected chi connectivity index (χ2v) is 13.4. The maximum atomic E-state index is 13.4. The third-order valence-corrected chi connectivity index (χ3v) is 7.79. The summed E-state index contributed by atoms with van der Waals surface area (Å²) in [5.74, 6) is -6.98. The molecule has 0 saturated heterocycles. The van der Waals surface area contributed by atoms with Crippen LogP contribution in [0.4, 0.5) is 17.6 Å². The van der Waals surface area contributed by atoms with Crippen LogP contribution in [0, 0.1) is 0 Å². The monoisotopic (exact) mass is 600 g/mol. The molecule has 8 nitrogen and oxygen atoms in total. The first-order valence-corrected chi connectivity index (χ1v) is 14.6. The van der Waals surface area contributed by atoms with Gasteiger partial charge in [0.25, 0.3) is 0 Å². The van der Waals surface area contributed by atoms with Crippen molar-refractivity contribution < 1.29 is 37.0 Å². The SMILES string of the molecule is CC(C)(C)n1cc(C(=O)O)c(C2CCC(F)(F)CC2)n1.CCOC(=O)c1cn(C(C)(C)C)nc1C1CCC(F)(F)CC1. The fourth-order valence-corrected chi connectivity index (χ4v) is 5.22. The highest BCUT2D eigenvalue weighted by molar-refractivity contribution is 5.90. The molecule has 2 saturated carbocycles. The minimum atomic E-state index is -2.62. The summed E-state index contributed by atoms with van der Waals surface area (Å²) in [6.07, 6.45) is 3.76. The van der Waals surface area contributed by atoms with Gasteiger partial charge in [0.2, 0.25) is 11.8 Å². The number of hydrogen-bond donors (Lipinski definition) is 1. The van der Waals surface area contributed by atoms with Crippen molar-refractivity contribution in [2.75, 3.05) is 6.61 Å². The number of carboxylic acid groups (broad SMARTS) is 1. The van der Waals surface area contributed by atoms with E-state index in [1.54, 1.807) is 22.5 Å². The van der Waals surface area contributed by atoms with Crippen LogP contribution in [-0.2, 0) is 15.8 Å². The van der Waals surface area contributed by atoms with E-state index in [9.17, 15) is 32.3 Å². The molecule has 0 amide bonds. The summed E-state index contributed by atoms with van der Waals surface area (Å²) >= 11 is 0. The predicted molar refractivity (Wildman–Crippen MR) is 150 cm³/mol. The summed E-state index contributed by atoms with van der Waals surface area (Å²) in [5, 5.41) is 18.2. The minimum Gasteiger partial charge on any atom is -0.478 e. The molecule has 12 heteroatoms. The number of nitrogens with zero attached hydrogens (tertiary/aromatic N) is 4. The van der Waals surface area contributed by atoms with Gasteiger partial charge in [0.15, 0.2) is 0 Å². The smallest absolute Gasteiger partial charge is 0.341 e. The van der Waals surface area contributed by atoms with Gasteiger partial charge in [0, 0.05) is 49.9 Å². The lowest BCUT2D eigenvalue weighted by molar-refractivity contribution is -0.0391. The van der Waals surface area contributed by atoms with Crippen LogP contribution in [0.2, 0.25) is 0 Å². The number of ether oxygens (including phenoxy) is 1. The van der Waals surface area contributed by atoms with E-state index in [4.69, 9.17) is 4.74 Å². The average molecular weight is 601 g/mol. The molecule has 42 heavy (non-hydrogen) atoms. The number of aromatic nitrogens is 4. The Kier molecular flexibility index (Phi) is 9.88. The number of alkyl halides is 4. The number of aromatic carboxylic acids is 1. The topological polar surface area (TPSA) is 99.2 Å². The number of carbonyl (C=O) groups is 2. The molecule has 4 rings (SSSR count). The van der Waals surface area contributed by atoms with Crippen LogP contribution in [0.25, 0.3) is 0 Å². The highest BCUT2D eigenvalue weighted by Gasteiger charge is 2.39. The summed E-state index contributed by atoms with van der Waals surface area (Å²) in [4.78, 5) is 23.5. The van der Waals surface area contributed by atoms with Crippen LogP contribution in [0.15, 0.2) is 12.4 Å². The first kappa shape index (κ1) is 33.6. The molecule has 2 aromatic heterocycles. The number of esters is 1. The zero-order valence-corrected chi connectivity index (χ0v) is 25.6. The van der Waals surface area contributed by atoms with E-state index in [1.165, 1.54) is 6.20 Å². The van der Waals surface area contributed by atoms with Crippen molar-refractivity contribution >= 4 is 11.9 Å². The quantitative estimate of drug-likeness (QED) is 0.278. The molecule has 1 N–H and O–H groups in total. The van der Waals surface area contributed by atoms with Crippen molar-refractivity contribution in [3.05, 3.63) is 34.9 Å². The van der Waals surface area contributed by atoms with Gasteiger partial charge in [0.05, 0.1) is 29.1 Å². The number of carbonyl (C=O) groups excluding carboxylic acids is 1. The van der Waals surface area contributed by atoms with Gasteiger partial charge in [-0.05, 0) is 74.1 Å². The summed E-state index contributed by atoms with van der Waals surface area (Å²) in [6, 6.07) is 0. The standard InChI is InChI=1S/C16H24F2N2O2.C14H20F2N2O2/c1-5-22-14(21)12-10-20(15(2,3)4)19-13(12)11-6-8-16(17,18)9-7-11;1-13(2,3)18-8-10(12(19)20)11(17-18)9-4-6-14(15,16)7-5-9/h10-11H,5-9H2,1-4H3;8-9H,4-7H2,1-3H3,(H,19,20). The fourth-order valence-electron chi connectivity index (χ4n) is 5.22. The van der Waals surface area contributed by atoms with Gasteiger partial charge in [-0.15, -0.1) is 0 Å². The van der Waals surface area contributed by atoms with Crippen LogP contribution in [0.5, 0.6) is 0 Å². The van der Waals surface area contributed by atoms with Crippen molar-refractivity contribution in [3.8, 4) is 0 Å². The maximum Gasteiger partial charge on any atom is 0.341 e. The third kappa shape index (κ3) is 8.34. The van der Waals surface area contributed by atoms with E-state index in [0.29, 0.717) is 29.8 Å². The molecule has 2 aromatic rings. The Hall–Kier alpha value is -2.92. The third-order valence-electron chi connectivity index (χ3n) is 7.79. The van der Waals surface area contributed by atoms with E-state index < -0.39 is 23.8 Å². The summed E-state index contributed by atoms with van der Waals surface area (Å²) < 4.78 is 61.5. The number of halogens is 4. The summed E-state index contributed by atoms with van der Waals surface area (Å²) in [7, 11) is 0. The lowest BCUT2D eigenvalue weighted by Crippen LogP contribution is -2.25. The summed E-state index contributed by atoms with van der Waals surface area (Å²) in [5.41, 5.74) is 0.980. The Morgan fingerprint density at radius 3 is 1.50 bits per heavy atom. The number of rotatable bonds is 5. The second kappa shape index (κ2) is 12.4. The molecule has 0 aliphatic heterocycles. The molecule has 2 aliphatic carbocycles. The van der Waals surface area contributed by atoms with Crippen LogP contribution in [0.1, 0.15) is 144 Å². The van der Waals surface area contributed by atoms with Crippen molar-refractivity contribution in [2.45, 2.75) is 135 Å². The number of hydrogen-bond acceptors (Lipinski definition) is 5. The van der Waals surface area contributed by atoms with E-state index in [-0.39, 0.29) is 73.6 Å². The largest absolute Gasteiger partial charge is 0.478 e. The van der Waals surface area contributed by atoms with Crippen molar-refractivity contribution in [1.29, 1.82) is 0 Å². The lowest BCUT2D eigenvalue weighted by atomic mass is 9.83. The fraction of sp³-hybridized carbons (Fsp3) is 0.733. The maximum absolute atomic E-state index is 13.4. The zero-order valence-electron chi connectivity index (χ0n) is 25.6. The molecule has 2 heterocycles. The normalized spacial score (nSPS) is 19.6. The van der Waals surface area contributed by atoms with Gasteiger partial charge in [-0.25, -0.2) is 27.2 Å². The average Bonchev–Trinajstić information content (AvgIpc) is 3.51. The minimum absolute atomic E-state index is 0.109. The van der Waals surface area contributed by atoms with Crippen LogP contribution in [-0.4, -0.2) is 55.1 Å². The van der Waals surface area contributed by atoms with E-state index >= 15 is 0 Å². The van der Waals surface area contributed by atoms with Gasteiger partial charge >= 0.3 is 11.9 Å². The highest BCUT2D eigenvalue weighted by atomic mass is 19.3. The molecule has 0 radical (unpaired) electrons.